The van der Waals surface area contributed by atoms with Crippen molar-refractivity contribution in [3.8, 4) is 0 Å². The summed E-state index contributed by atoms with van der Waals surface area (Å²) in [5, 5.41) is 2.16. The van der Waals surface area contributed by atoms with Gasteiger partial charge in [-0.05, 0) is 6.07 Å². The van der Waals surface area contributed by atoms with Crippen molar-refractivity contribution in [2.45, 2.75) is 0 Å². The molecule has 18 heavy (non-hydrogen) atoms. The van der Waals surface area contributed by atoms with E-state index in [4.69, 9.17) is 0 Å². The highest BCUT2D eigenvalue weighted by Crippen LogP contribution is 2.18. The first-order valence-electron chi connectivity index (χ1n) is 6.03. The highest BCUT2D eigenvalue weighted by atomic mass is 15.7. The van der Waals surface area contributed by atoms with Crippen LogP contribution in [-0.2, 0) is 0 Å². The predicted molar refractivity (Wildman–Crippen MR) is 79.0 cm³/mol. The van der Waals surface area contributed by atoms with E-state index >= 15 is 0 Å². The van der Waals surface area contributed by atoms with Gasteiger partial charge in [-0.25, -0.2) is 4.59 Å². The van der Waals surface area contributed by atoms with E-state index in [2.05, 4.69) is 63.5 Å². The lowest BCUT2D eigenvalue weighted by Crippen LogP contribution is -2.51. The zero-order chi connectivity index (χ0) is 13.4. The van der Waals surface area contributed by atoms with E-state index < -0.39 is 0 Å². The van der Waals surface area contributed by atoms with Gasteiger partial charge in [-0.1, -0.05) is 48.5 Å². The molecule has 0 unspecified atom stereocenters. The molecule has 0 saturated carbocycles. The van der Waals surface area contributed by atoms with Gasteiger partial charge in [-0.2, -0.15) is 5.01 Å². The highest BCUT2D eigenvalue weighted by molar-refractivity contribution is 5.39. The van der Waals surface area contributed by atoms with Crippen LogP contribution in [0.2, 0.25) is 0 Å². The van der Waals surface area contributed by atoms with E-state index in [0.29, 0.717) is 0 Å². The van der Waals surface area contributed by atoms with Gasteiger partial charge < -0.3 is 0 Å². The molecule has 1 radical (unpaired) electrons. The first-order valence-corrected chi connectivity index (χ1v) is 6.03. The van der Waals surface area contributed by atoms with Crippen LogP contribution < -0.4 is 4.59 Å². The van der Waals surface area contributed by atoms with E-state index in [1.165, 1.54) is 5.69 Å². The second kappa shape index (κ2) is 6.94. The maximum Gasteiger partial charge on any atom is 0.151 e. The Balaban J connectivity index is 0.000000225. The molecule has 2 aromatic rings. The van der Waals surface area contributed by atoms with Gasteiger partial charge >= 0.3 is 0 Å². The maximum absolute atomic E-state index is 2.89. The quantitative estimate of drug-likeness (QED) is 0.577. The van der Waals surface area contributed by atoms with Crippen molar-refractivity contribution in [3.63, 3.8) is 0 Å². The summed E-state index contributed by atoms with van der Waals surface area (Å²) in [6.45, 7) is 0. The molecule has 0 bridgehead atoms. The summed E-state index contributed by atoms with van der Waals surface area (Å²) in [7, 11) is 8.48. The third-order valence-corrected chi connectivity index (χ3v) is 3.00. The van der Waals surface area contributed by atoms with Crippen molar-refractivity contribution in [2.75, 3.05) is 28.2 Å². The molecule has 0 aliphatic heterocycles. The summed E-state index contributed by atoms with van der Waals surface area (Å²) in [5.41, 5.74) is 1.29. The van der Waals surface area contributed by atoms with Crippen LogP contribution in [0.25, 0.3) is 0 Å². The maximum atomic E-state index is 2.89. The standard InChI is InChI=1S/C10H17N2.C6H5/c1-11(2)12(3,4)10-8-6-5-7-9-10;1-2-4-6-5-3-1/h5-9H,1-4H3;1-5H/q+1;. The third-order valence-electron chi connectivity index (χ3n) is 3.00. The molecule has 0 fully saturated rings. The second-order valence-corrected chi connectivity index (χ2v) is 4.65. The first kappa shape index (κ1) is 14.4. The van der Waals surface area contributed by atoms with Gasteiger partial charge in [0.05, 0.1) is 14.1 Å². The molecule has 0 spiro atoms. The van der Waals surface area contributed by atoms with Crippen LogP contribution in [0.5, 0.6) is 0 Å². The summed E-state index contributed by atoms with van der Waals surface area (Å²) in [5.74, 6) is 0. The van der Waals surface area contributed by atoms with Gasteiger partial charge in [0.1, 0.15) is 0 Å². The SMILES string of the molecule is CN(C)[N+](C)(C)c1ccccc1.[c]1ccccc1. The highest BCUT2D eigenvalue weighted by Gasteiger charge is 2.20. The number of para-hydroxylation sites is 1. The van der Waals surface area contributed by atoms with Gasteiger partial charge in [0.25, 0.3) is 0 Å². The Morgan fingerprint density at radius 2 is 1.33 bits per heavy atom. The van der Waals surface area contributed by atoms with Crippen LogP contribution in [0.4, 0.5) is 5.69 Å². The van der Waals surface area contributed by atoms with E-state index in [0.717, 1.165) is 4.59 Å². The lowest BCUT2D eigenvalue weighted by Gasteiger charge is -2.34. The molecular weight excluding hydrogens is 220 g/mol. The average Bonchev–Trinajstić information content (AvgIpc) is 2.42. The van der Waals surface area contributed by atoms with Gasteiger partial charge in [0, 0.05) is 26.2 Å². The molecule has 0 aliphatic rings. The van der Waals surface area contributed by atoms with Gasteiger partial charge in [-0.15, -0.1) is 0 Å². The summed E-state index contributed by atoms with van der Waals surface area (Å²) < 4.78 is 0.779. The molecule has 0 atom stereocenters. The first-order chi connectivity index (χ1) is 8.55. The van der Waals surface area contributed by atoms with Crippen LogP contribution in [0, 0.1) is 6.07 Å². The molecule has 0 heterocycles. The van der Waals surface area contributed by atoms with Crippen LogP contribution in [0.3, 0.4) is 0 Å². The fourth-order valence-corrected chi connectivity index (χ4v) is 1.37. The van der Waals surface area contributed by atoms with Crippen LogP contribution in [0.15, 0.2) is 60.7 Å². The Morgan fingerprint density at radius 3 is 1.67 bits per heavy atom. The lowest BCUT2D eigenvalue weighted by molar-refractivity contribution is 0.0942. The summed E-state index contributed by atoms with van der Waals surface area (Å²) in [6.07, 6.45) is 0. The predicted octanol–water partition coefficient (Wildman–Crippen LogP) is 3.22. The monoisotopic (exact) mass is 242 g/mol. The molecule has 0 aromatic heterocycles. The number of rotatable bonds is 2. The fourth-order valence-electron chi connectivity index (χ4n) is 1.37. The lowest BCUT2D eigenvalue weighted by atomic mass is 10.3. The molecule has 2 heteroatoms. The molecule has 95 valence electrons. The van der Waals surface area contributed by atoms with E-state index in [-0.39, 0.29) is 0 Å². The molecule has 2 nitrogen and oxygen atoms in total. The Kier molecular flexibility index (Phi) is 5.56. The fraction of sp³-hybridized carbons (Fsp3) is 0.250. The summed E-state index contributed by atoms with van der Waals surface area (Å²) >= 11 is 0. The minimum Gasteiger partial charge on any atom is -0.217 e. The van der Waals surface area contributed by atoms with Crippen LogP contribution >= 0.6 is 0 Å². The van der Waals surface area contributed by atoms with Gasteiger partial charge in [0.2, 0.25) is 0 Å². The Morgan fingerprint density at radius 1 is 0.833 bits per heavy atom. The summed E-state index contributed by atoms with van der Waals surface area (Å²) in [4.78, 5) is 0. The number of nitrogens with zero attached hydrogens (tertiary/aromatic N) is 2. The van der Waals surface area contributed by atoms with Gasteiger partial charge in [0.15, 0.2) is 5.69 Å². The van der Waals surface area contributed by atoms with E-state index in [1.54, 1.807) is 0 Å². The molecule has 0 N–H and O–H groups in total. The van der Waals surface area contributed by atoms with E-state index in [1.807, 2.05) is 36.4 Å². The number of quaternary nitrogens is 1. The van der Waals surface area contributed by atoms with Crippen molar-refractivity contribution in [3.05, 3.63) is 66.7 Å². The minimum atomic E-state index is 0.779. The molecule has 0 saturated heterocycles. The molecule has 0 amide bonds. The van der Waals surface area contributed by atoms with Crippen molar-refractivity contribution >= 4 is 5.69 Å². The number of benzene rings is 2. The molecule has 2 rings (SSSR count). The average molecular weight is 242 g/mol. The molecule has 0 aliphatic carbocycles. The Hall–Kier alpha value is -1.64. The van der Waals surface area contributed by atoms with Crippen LogP contribution in [0.1, 0.15) is 0 Å². The summed E-state index contributed by atoms with van der Waals surface area (Å²) in [6, 6.07) is 23.0. The number of hydrogen-bond acceptors (Lipinski definition) is 1. The minimum absolute atomic E-state index is 0.779. The van der Waals surface area contributed by atoms with Gasteiger partial charge in [-0.3, -0.25) is 0 Å². The Bertz CT molecular complexity index is 395. The topological polar surface area (TPSA) is 3.24 Å². The van der Waals surface area contributed by atoms with Crippen molar-refractivity contribution in [1.29, 1.82) is 0 Å². The normalized spacial score (nSPS) is 10.7. The zero-order valence-corrected chi connectivity index (χ0v) is 11.7. The van der Waals surface area contributed by atoms with Crippen molar-refractivity contribution in [2.24, 2.45) is 0 Å². The Labute approximate surface area is 111 Å². The van der Waals surface area contributed by atoms with Crippen molar-refractivity contribution in [1.82, 2.24) is 9.60 Å². The number of hydrogen-bond donors (Lipinski definition) is 0. The van der Waals surface area contributed by atoms with E-state index in [9.17, 15) is 0 Å². The second-order valence-electron chi connectivity index (χ2n) is 4.65. The zero-order valence-electron chi connectivity index (χ0n) is 11.7. The molecule has 2 aromatic carbocycles. The largest absolute Gasteiger partial charge is 0.217 e. The van der Waals surface area contributed by atoms with Crippen molar-refractivity contribution < 1.29 is 0 Å². The molecular formula is C16H22N2+. The third kappa shape index (κ3) is 4.32. The van der Waals surface area contributed by atoms with Crippen LogP contribution in [-0.4, -0.2) is 33.2 Å². The smallest absolute Gasteiger partial charge is 0.151 e.